The van der Waals surface area contributed by atoms with Crippen molar-refractivity contribution in [3.05, 3.63) is 48.5 Å². The topological polar surface area (TPSA) is 89.3 Å². The van der Waals surface area contributed by atoms with Crippen LogP contribution >= 0.6 is 0 Å². The summed E-state index contributed by atoms with van der Waals surface area (Å²) in [6, 6.07) is 14.6. The van der Waals surface area contributed by atoms with Gasteiger partial charge in [0, 0.05) is 22.9 Å². The third-order valence-electron chi connectivity index (χ3n) is 3.66. The van der Waals surface area contributed by atoms with Gasteiger partial charge in [0.05, 0.1) is 6.61 Å². The lowest BCUT2D eigenvalue weighted by atomic mass is 10.2. The van der Waals surface area contributed by atoms with Crippen LogP contribution in [0.2, 0.25) is 0 Å². The molecule has 0 atom stereocenters. The zero-order valence-corrected chi connectivity index (χ0v) is 15.5. The Morgan fingerprint density at radius 2 is 1.74 bits per heavy atom. The number of carbonyl (C=O) groups is 1. The van der Waals surface area contributed by atoms with Crippen LogP contribution in [0.25, 0.3) is 22.8 Å². The Labute approximate surface area is 157 Å². The summed E-state index contributed by atoms with van der Waals surface area (Å²) in [4.78, 5) is 16.2. The van der Waals surface area contributed by atoms with E-state index in [0.29, 0.717) is 24.0 Å². The Balaban J connectivity index is 1.69. The Bertz CT molecular complexity index is 886. The zero-order valence-electron chi connectivity index (χ0n) is 15.5. The van der Waals surface area contributed by atoms with Gasteiger partial charge in [-0.25, -0.2) is 4.79 Å². The molecule has 0 bridgehead atoms. The summed E-state index contributed by atoms with van der Waals surface area (Å²) in [7, 11) is 0. The Kier molecular flexibility index (Phi) is 5.71. The maximum absolute atomic E-state index is 11.7. The first kappa shape index (κ1) is 18.4. The first-order valence-electron chi connectivity index (χ1n) is 8.80. The molecule has 0 radical (unpaired) electrons. The summed E-state index contributed by atoms with van der Waals surface area (Å²) < 4.78 is 10.8. The smallest absolute Gasteiger partial charge is 0.319 e. The summed E-state index contributed by atoms with van der Waals surface area (Å²) >= 11 is 0. The van der Waals surface area contributed by atoms with E-state index >= 15 is 0 Å². The zero-order chi connectivity index (χ0) is 19.2. The van der Waals surface area contributed by atoms with Crippen molar-refractivity contribution >= 4 is 11.7 Å². The predicted octanol–water partition coefficient (Wildman–Crippen LogP) is 4.33. The average Bonchev–Trinajstić information content (AvgIpc) is 3.12. The molecule has 2 amide bonds. The SMILES string of the molecule is CCOc1ccc(-c2nc(-c3ccc(NC(=O)NC(C)C)cc3)no2)cc1. The molecular weight excluding hydrogens is 344 g/mol. The number of aromatic nitrogens is 2. The highest BCUT2D eigenvalue weighted by Crippen LogP contribution is 2.25. The highest BCUT2D eigenvalue weighted by atomic mass is 16.5. The van der Waals surface area contributed by atoms with Crippen molar-refractivity contribution in [2.75, 3.05) is 11.9 Å². The molecule has 0 saturated heterocycles. The van der Waals surface area contributed by atoms with E-state index in [1.807, 2.05) is 57.2 Å². The van der Waals surface area contributed by atoms with E-state index in [1.165, 1.54) is 0 Å². The summed E-state index contributed by atoms with van der Waals surface area (Å²) in [5.74, 6) is 1.72. The number of carbonyl (C=O) groups excluding carboxylic acids is 1. The number of hydrogen-bond donors (Lipinski definition) is 2. The molecule has 3 rings (SSSR count). The van der Waals surface area contributed by atoms with Crippen molar-refractivity contribution in [1.29, 1.82) is 0 Å². The molecule has 0 unspecified atom stereocenters. The van der Waals surface area contributed by atoms with Gasteiger partial charge in [-0.1, -0.05) is 5.16 Å². The van der Waals surface area contributed by atoms with Crippen LogP contribution in [0.5, 0.6) is 5.75 Å². The number of benzene rings is 2. The van der Waals surface area contributed by atoms with Gasteiger partial charge < -0.3 is 19.9 Å². The molecule has 0 aliphatic heterocycles. The summed E-state index contributed by atoms with van der Waals surface area (Å²) in [6.07, 6.45) is 0. The largest absolute Gasteiger partial charge is 0.494 e. The molecule has 2 aromatic carbocycles. The summed E-state index contributed by atoms with van der Waals surface area (Å²) in [5.41, 5.74) is 2.30. The Morgan fingerprint density at radius 1 is 1.07 bits per heavy atom. The molecule has 2 N–H and O–H groups in total. The lowest BCUT2D eigenvalue weighted by molar-refractivity contribution is 0.250. The van der Waals surface area contributed by atoms with Gasteiger partial charge in [-0.2, -0.15) is 4.98 Å². The van der Waals surface area contributed by atoms with Crippen LogP contribution in [-0.4, -0.2) is 28.8 Å². The van der Waals surface area contributed by atoms with Crippen LogP contribution in [0.4, 0.5) is 10.5 Å². The standard InChI is InChI=1S/C20H22N4O3/c1-4-26-17-11-7-15(8-12-17)19-23-18(24-27-19)14-5-9-16(10-6-14)22-20(25)21-13(2)3/h5-13H,4H2,1-3H3,(H2,21,22,25). The van der Waals surface area contributed by atoms with Crippen molar-refractivity contribution in [3.63, 3.8) is 0 Å². The van der Waals surface area contributed by atoms with Crippen LogP contribution in [0, 0.1) is 0 Å². The Morgan fingerprint density at radius 3 is 2.37 bits per heavy atom. The van der Waals surface area contributed by atoms with E-state index in [0.717, 1.165) is 16.9 Å². The number of anilines is 1. The quantitative estimate of drug-likeness (QED) is 0.678. The molecule has 0 spiro atoms. The van der Waals surface area contributed by atoms with Crippen molar-refractivity contribution in [1.82, 2.24) is 15.5 Å². The van der Waals surface area contributed by atoms with Gasteiger partial charge in [0.15, 0.2) is 0 Å². The minimum Gasteiger partial charge on any atom is -0.494 e. The fourth-order valence-electron chi connectivity index (χ4n) is 2.45. The van der Waals surface area contributed by atoms with Crippen LogP contribution in [0.1, 0.15) is 20.8 Å². The Hall–Kier alpha value is -3.35. The fraction of sp³-hybridized carbons (Fsp3) is 0.250. The molecule has 0 fully saturated rings. The van der Waals surface area contributed by atoms with E-state index in [2.05, 4.69) is 20.8 Å². The highest BCUT2D eigenvalue weighted by Gasteiger charge is 2.11. The maximum Gasteiger partial charge on any atom is 0.319 e. The summed E-state index contributed by atoms with van der Waals surface area (Å²) in [5, 5.41) is 9.58. The van der Waals surface area contributed by atoms with Crippen molar-refractivity contribution in [2.24, 2.45) is 0 Å². The lowest BCUT2D eigenvalue weighted by Gasteiger charge is -2.10. The maximum atomic E-state index is 11.7. The molecule has 0 aliphatic carbocycles. The molecule has 0 saturated carbocycles. The van der Waals surface area contributed by atoms with E-state index in [9.17, 15) is 4.79 Å². The van der Waals surface area contributed by atoms with Gasteiger partial charge in [-0.05, 0) is 69.3 Å². The van der Waals surface area contributed by atoms with Crippen LogP contribution in [0.3, 0.4) is 0 Å². The molecule has 1 aromatic heterocycles. The van der Waals surface area contributed by atoms with Gasteiger partial charge >= 0.3 is 6.03 Å². The molecule has 27 heavy (non-hydrogen) atoms. The second kappa shape index (κ2) is 8.35. The lowest BCUT2D eigenvalue weighted by Crippen LogP contribution is -2.34. The van der Waals surface area contributed by atoms with Gasteiger partial charge in [0.2, 0.25) is 5.82 Å². The van der Waals surface area contributed by atoms with E-state index in [4.69, 9.17) is 9.26 Å². The monoisotopic (exact) mass is 366 g/mol. The second-order valence-corrected chi connectivity index (χ2v) is 6.21. The normalized spacial score (nSPS) is 10.7. The molecule has 1 heterocycles. The average molecular weight is 366 g/mol. The number of urea groups is 1. The molecular formula is C20H22N4O3. The van der Waals surface area contributed by atoms with Gasteiger partial charge in [0.25, 0.3) is 5.89 Å². The fourth-order valence-corrected chi connectivity index (χ4v) is 2.45. The van der Waals surface area contributed by atoms with Crippen LogP contribution in [-0.2, 0) is 0 Å². The van der Waals surface area contributed by atoms with Crippen molar-refractivity contribution in [2.45, 2.75) is 26.8 Å². The number of rotatable bonds is 6. The van der Waals surface area contributed by atoms with Crippen molar-refractivity contribution < 1.29 is 14.1 Å². The summed E-state index contributed by atoms with van der Waals surface area (Å²) in [6.45, 7) is 6.37. The minimum absolute atomic E-state index is 0.0737. The van der Waals surface area contributed by atoms with E-state index in [1.54, 1.807) is 12.1 Å². The van der Waals surface area contributed by atoms with E-state index < -0.39 is 0 Å². The van der Waals surface area contributed by atoms with Gasteiger partial charge in [0.1, 0.15) is 5.75 Å². The third-order valence-corrected chi connectivity index (χ3v) is 3.66. The predicted molar refractivity (Wildman–Crippen MR) is 104 cm³/mol. The van der Waals surface area contributed by atoms with Crippen molar-refractivity contribution in [3.8, 4) is 28.6 Å². The minimum atomic E-state index is -0.241. The molecule has 7 nitrogen and oxygen atoms in total. The number of nitrogens with one attached hydrogen (secondary N) is 2. The van der Waals surface area contributed by atoms with E-state index in [-0.39, 0.29) is 12.1 Å². The molecule has 7 heteroatoms. The van der Waals surface area contributed by atoms with Gasteiger partial charge in [-0.15, -0.1) is 0 Å². The molecule has 140 valence electrons. The number of hydrogen-bond acceptors (Lipinski definition) is 5. The number of ether oxygens (including phenoxy) is 1. The number of amides is 2. The first-order chi connectivity index (χ1) is 13.0. The number of nitrogens with zero attached hydrogens (tertiary/aromatic N) is 2. The third kappa shape index (κ3) is 4.84. The second-order valence-electron chi connectivity index (χ2n) is 6.21. The highest BCUT2D eigenvalue weighted by molar-refractivity contribution is 5.89. The molecule has 3 aromatic rings. The molecule has 0 aliphatic rings. The van der Waals surface area contributed by atoms with Crippen LogP contribution in [0.15, 0.2) is 53.1 Å². The van der Waals surface area contributed by atoms with Crippen LogP contribution < -0.4 is 15.4 Å². The van der Waals surface area contributed by atoms with Gasteiger partial charge in [-0.3, -0.25) is 0 Å². The first-order valence-corrected chi connectivity index (χ1v) is 8.80.